The Morgan fingerprint density at radius 2 is 2.33 bits per heavy atom. The van der Waals surface area contributed by atoms with Crippen LogP contribution in [0.25, 0.3) is 0 Å². The first kappa shape index (κ1) is 7.93. The van der Waals surface area contributed by atoms with Gasteiger partial charge in [0.2, 0.25) is 0 Å². The van der Waals surface area contributed by atoms with Crippen LogP contribution in [0.5, 0.6) is 5.75 Å². The smallest absolute Gasteiger partial charge is 0.138 e. The molecule has 1 aromatic rings. The first-order valence-corrected chi connectivity index (χ1v) is 4.56. The highest BCUT2D eigenvalue weighted by Crippen LogP contribution is 2.29. The van der Waals surface area contributed by atoms with Crippen molar-refractivity contribution in [1.29, 1.82) is 0 Å². The van der Waals surface area contributed by atoms with Gasteiger partial charge in [0.15, 0.2) is 0 Å². The Morgan fingerprint density at radius 3 is 2.92 bits per heavy atom. The van der Waals surface area contributed by atoms with Gasteiger partial charge in [-0.05, 0) is 37.5 Å². The predicted molar refractivity (Wildman–Crippen MR) is 48.6 cm³/mol. The summed E-state index contributed by atoms with van der Waals surface area (Å²) in [6.07, 6.45) is 4.00. The van der Waals surface area contributed by atoms with Gasteiger partial charge in [0, 0.05) is 0 Å². The van der Waals surface area contributed by atoms with E-state index in [1.54, 1.807) is 6.07 Å². The standard InChI is InChI=1S/C10H10ClO/c11-9-6-1-2-7-10(9)12-8-4-3-5-8/h2,6-8H,3-5H2. The van der Waals surface area contributed by atoms with Crippen LogP contribution in [0.1, 0.15) is 19.3 Å². The monoisotopic (exact) mass is 181 g/mol. The highest BCUT2D eigenvalue weighted by Gasteiger charge is 2.19. The van der Waals surface area contributed by atoms with Crippen molar-refractivity contribution in [3.63, 3.8) is 0 Å². The summed E-state index contributed by atoms with van der Waals surface area (Å²) in [6, 6.07) is 8.31. The van der Waals surface area contributed by atoms with Crippen molar-refractivity contribution in [3.8, 4) is 5.75 Å². The number of halogens is 1. The zero-order valence-electron chi connectivity index (χ0n) is 6.72. The Kier molecular flexibility index (Phi) is 2.22. The summed E-state index contributed by atoms with van der Waals surface area (Å²) in [6.45, 7) is 0. The van der Waals surface area contributed by atoms with E-state index < -0.39 is 0 Å². The molecule has 2 rings (SSSR count). The largest absolute Gasteiger partial charge is 0.489 e. The first-order chi connectivity index (χ1) is 5.86. The number of benzene rings is 1. The lowest BCUT2D eigenvalue weighted by molar-refractivity contribution is 0.120. The molecule has 0 saturated heterocycles. The van der Waals surface area contributed by atoms with Crippen molar-refractivity contribution in [1.82, 2.24) is 0 Å². The molecule has 0 unspecified atom stereocenters. The zero-order chi connectivity index (χ0) is 8.39. The Hall–Kier alpha value is -0.690. The fourth-order valence-corrected chi connectivity index (χ4v) is 1.33. The predicted octanol–water partition coefficient (Wildman–Crippen LogP) is 3.07. The van der Waals surface area contributed by atoms with Crippen LogP contribution in [-0.2, 0) is 0 Å². The molecule has 1 aromatic carbocycles. The molecule has 0 aliphatic heterocycles. The molecule has 1 fully saturated rings. The Morgan fingerprint density at radius 1 is 1.50 bits per heavy atom. The van der Waals surface area contributed by atoms with Crippen LogP contribution in [0, 0.1) is 6.07 Å². The molecule has 0 N–H and O–H groups in total. The number of hydrogen-bond donors (Lipinski definition) is 0. The maximum Gasteiger partial charge on any atom is 0.138 e. The van der Waals surface area contributed by atoms with Crippen LogP contribution in [0.2, 0.25) is 5.02 Å². The summed E-state index contributed by atoms with van der Waals surface area (Å²) < 4.78 is 5.63. The van der Waals surface area contributed by atoms with Crippen molar-refractivity contribution in [3.05, 3.63) is 29.3 Å². The van der Waals surface area contributed by atoms with Gasteiger partial charge in [-0.2, -0.15) is 0 Å². The average Bonchev–Trinajstić information content (AvgIpc) is 2.00. The fourth-order valence-electron chi connectivity index (χ4n) is 1.16. The molecule has 1 saturated carbocycles. The summed E-state index contributed by atoms with van der Waals surface area (Å²) in [7, 11) is 0. The summed E-state index contributed by atoms with van der Waals surface area (Å²) in [5.41, 5.74) is 0. The molecule has 0 bridgehead atoms. The van der Waals surface area contributed by atoms with Gasteiger partial charge in [-0.1, -0.05) is 17.7 Å². The minimum atomic E-state index is 0.393. The van der Waals surface area contributed by atoms with E-state index in [9.17, 15) is 0 Å². The normalized spacial score (nSPS) is 17.1. The van der Waals surface area contributed by atoms with Crippen LogP contribution >= 0.6 is 11.6 Å². The van der Waals surface area contributed by atoms with Gasteiger partial charge in [0.05, 0.1) is 11.1 Å². The molecule has 1 aliphatic carbocycles. The second-order valence-corrected chi connectivity index (χ2v) is 3.43. The van der Waals surface area contributed by atoms with E-state index in [0.717, 1.165) is 18.6 Å². The third kappa shape index (κ3) is 1.56. The van der Waals surface area contributed by atoms with Crippen LogP contribution in [0.4, 0.5) is 0 Å². The molecule has 0 amide bonds. The van der Waals surface area contributed by atoms with Crippen LogP contribution < -0.4 is 4.74 Å². The van der Waals surface area contributed by atoms with Crippen molar-refractivity contribution < 1.29 is 4.74 Å². The highest BCUT2D eigenvalue weighted by molar-refractivity contribution is 6.32. The lowest BCUT2D eigenvalue weighted by Crippen LogP contribution is -2.24. The molecular weight excluding hydrogens is 172 g/mol. The summed E-state index contributed by atoms with van der Waals surface area (Å²) in [5.74, 6) is 0.792. The van der Waals surface area contributed by atoms with Gasteiger partial charge in [-0.15, -0.1) is 0 Å². The number of rotatable bonds is 2. The van der Waals surface area contributed by atoms with Crippen molar-refractivity contribution in [2.45, 2.75) is 25.4 Å². The summed E-state index contributed by atoms with van der Waals surface area (Å²) in [4.78, 5) is 0. The maximum absolute atomic E-state index is 5.89. The second-order valence-electron chi connectivity index (χ2n) is 3.03. The van der Waals surface area contributed by atoms with Gasteiger partial charge >= 0.3 is 0 Å². The molecule has 0 aromatic heterocycles. The minimum absolute atomic E-state index is 0.393. The number of ether oxygens (including phenoxy) is 1. The van der Waals surface area contributed by atoms with Gasteiger partial charge in [-0.3, -0.25) is 0 Å². The Labute approximate surface area is 77.3 Å². The van der Waals surface area contributed by atoms with Crippen LogP contribution in [0.3, 0.4) is 0 Å². The quantitative estimate of drug-likeness (QED) is 0.682. The van der Waals surface area contributed by atoms with Crippen LogP contribution in [-0.4, -0.2) is 6.10 Å². The SMILES string of the molecule is Clc1c[c]ccc1OC1CCC1. The molecular formula is C10H10ClO. The topological polar surface area (TPSA) is 9.23 Å². The molecule has 0 heterocycles. The van der Waals surface area contributed by atoms with E-state index in [2.05, 4.69) is 6.07 Å². The lowest BCUT2D eigenvalue weighted by atomic mass is 9.96. The van der Waals surface area contributed by atoms with E-state index in [1.807, 2.05) is 12.1 Å². The summed E-state index contributed by atoms with van der Waals surface area (Å²) in [5, 5.41) is 0.657. The van der Waals surface area contributed by atoms with Crippen molar-refractivity contribution in [2.24, 2.45) is 0 Å². The van der Waals surface area contributed by atoms with Crippen LogP contribution in [0.15, 0.2) is 18.2 Å². The highest BCUT2D eigenvalue weighted by atomic mass is 35.5. The molecule has 1 radical (unpaired) electrons. The molecule has 2 heteroatoms. The fraction of sp³-hybridized carbons (Fsp3) is 0.400. The van der Waals surface area contributed by atoms with Gasteiger partial charge in [0.25, 0.3) is 0 Å². The molecule has 63 valence electrons. The first-order valence-electron chi connectivity index (χ1n) is 4.18. The van der Waals surface area contributed by atoms with E-state index in [1.165, 1.54) is 6.42 Å². The molecule has 0 spiro atoms. The average molecular weight is 182 g/mol. The van der Waals surface area contributed by atoms with E-state index >= 15 is 0 Å². The van der Waals surface area contributed by atoms with E-state index in [4.69, 9.17) is 16.3 Å². The minimum Gasteiger partial charge on any atom is -0.489 e. The Balaban J connectivity index is 2.06. The van der Waals surface area contributed by atoms with E-state index in [0.29, 0.717) is 11.1 Å². The summed E-state index contributed by atoms with van der Waals surface area (Å²) >= 11 is 5.89. The zero-order valence-corrected chi connectivity index (χ0v) is 7.47. The maximum atomic E-state index is 5.89. The molecule has 12 heavy (non-hydrogen) atoms. The Bertz CT molecular complexity index is 268. The molecule has 0 atom stereocenters. The second kappa shape index (κ2) is 3.36. The molecule has 1 aliphatic rings. The van der Waals surface area contributed by atoms with E-state index in [-0.39, 0.29) is 0 Å². The number of hydrogen-bond acceptors (Lipinski definition) is 1. The van der Waals surface area contributed by atoms with Crippen molar-refractivity contribution in [2.75, 3.05) is 0 Å². The molecule has 1 nitrogen and oxygen atoms in total. The third-order valence-electron chi connectivity index (χ3n) is 2.12. The van der Waals surface area contributed by atoms with Crippen molar-refractivity contribution >= 4 is 11.6 Å². The van der Waals surface area contributed by atoms with Gasteiger partial charge in [0.1, 0.15) is 5.75 Å². The van der Waals surface area contributed by atoms with Gasteiger partial charge in [-0.25, -0.2) is 0 Å². The van der Waals surface area contributed by atoms with Gasteiger partial charge < -0.3 is 4.74 Å². The third-order valence-corrected chi connectivity index (χ3v) is 2.42. The lowest BCUT2D eigenvalue weighted by Gasteiger charge is -2.26.